The fraction of sp³-hybridized carbons (Fsp3) is 0.289. The number of nitrogens with one attached hydrogen (secondary N) is 2. The average molecular weight is 637 g/mol. The van der Waals surface area contributed by atoms with Gasteiger partial charge in [0, 0.05) is 30.0 Å². The summed E-state index contributed by atoms with van der Waals surface area (Å²) in [6, 6.07) is 29.3. The van der Waals surface area contributed by atoms with E-state index in [-0.39, 0.29) is 23.0 Å². The fourth-order valence-corrected chi connectivity index (χ4v) is 6.89. The first-order valence-electron chi connectivity index (χ1n) is 16.0. The second-order valence-electron chi connectivity index (χ2n) is 11.9. The molecular weight excluding hydrogens is 596 g/mol. The third-order valence-corrected chi connectivity index (χ3v) is 9.85. The number of Topliss-reactive ketones (excluding diaryl/α,β-unsaturated/α-hetero) is 1. The molecule has 0 aromatic heterocycles. The Morgan fingerprint density at radius 1 is 0.804 bits per heavy atom. The van der Waals surface area contributed by atoms with Crippen LogP contribution in [0.5, 0.6) is 0 Å². The van der Waals surface area contributed by atoms with E-state index in [0.717, 1.165) is 65.6 Å². The molecule has 5 rings (SSSR count). The highest BCUT2D eigenvalue weighted by Crippen LogP contribution is 2.26. The van der Waals surface area contributed by atoms with Crippen molar-refractivity contribution in [2.75, 3.05) is 5.32 Å². The maximum Gasteiger partial charge on any atom is 0.264 e. The summed E-state index contributed by atoms with van der Waals surface area (Å²) in [7, 11) is -4.09. The molecule has 2 N–H and O–H groups in total. The van der Waals surface area contributed by atoms with Crippen LogP contribution in [0.4, 0.5) is 5.69 Å². The van der Waals surface area contributed by atoms with E-state index in [1.54, 1.807) is 24.3 Å². The topological polar surface area (TPSA) is 109 Å². The van der Waals surface area contributed by atoms with E-state index in [1.165, 1.54) is 0 Å². The monoisotopic (exact) mass is 636 g/mol. The zero-order valence-electron chi connectivity index (χ0n) is 26.1. The van der Waals surface area contributed by atoms with Gasteiger partial charge in [0.1, 0.15) is 0 Å². The summed E-state index contributed by atoms with van der Waals surface area (Å²) >= 11 is 0. The quantitative estimate of drug-likeness (QED) is 0.141. The Morgan fingerprint density at radius 2 is 1.48 bits per heavy atom. The van der Waals surface area contributed by atoms with E-state index in [0.29, 0.717) is 24.8 Å². The van der Waals surface area contributed by atoms with Crippen molar-refractivity contribution in [1.82, 2.24) is 4.72 Å². The standard InChI is InChI=1S/C38H40N2O5S/c1-2-3-12-37(42)39-34-22-19-30(20-23-34)29-15-17-31(18-16-29)36(41)26-33(14-13-27-8-5-4-6-9-27)38(43)40-46(44,45)35-24-21-28-10-7-11-32(28)25-35/h4-6,8-9,15-25,33H,2-3,7,10-14,26H2,1H3,(H,39,42)(H,40,43). The van der Waals surface area contributed by atoms with Gasteiger partial charge < -0.3 is 5.32 Å². The minimum atomic E-state index is -4.09. The van der Waals surface area contributed by atoms with Crippen molar-refractivity contribution >= 4 is 33.3 Å². The number of benzene rings is 4. The first-order valence-corrected chi connectivity index (χ1v) is 17.5. The molecule has 7 nitrogen and oxygen atoms in total. The van der Waals surface area contributed by atoms with Crippen LogP contribution in [0, 0.1) is 5.92 Å². The summed E-state index contributed by atoms with van der Waals surface area (Å²) in [6.07, 6.45) is 5.77. The summed E-state index contributed by atoms with van der Waals surface area (Å²) in [5.41, 5.74) is 6.16. The number of fused-ring (bicyclic) bond motifs is 1. The van der Waals surface area contributed by atoms with Crippen molar-refractivity contribution in [3.05, 3.63) is 119 Å². The van der Waals surface area contributed by atoms with Crippen molar-refractivity contribution in [2.24, 2.45) is 5.92 Å². The van der Waals surface area contributed by atoms with E-state index in [1.807, 2.05) is 79.7 Å². The van der Waals surface area contributed by atoms with Crippen molar-refractivity contribution in [2.45, 2.75) is 69.6 Å². The van der Waals surface area contributed by atoms with Gasteiger partial charge in [-0.3, -0.25) is 14.4 Å². The summed E-state index contributed by atoms with van der Waals surface area (Å²) in [5.74, 6) is -1.76. The van der Waals surface area contributed by atoms with Crippen molar-refractivity contribution in [1.29, 1.82) is 0 Å². The number of sulfonamides is 1. The highest BCUT2D eigenvalue weighted by molar-refractivity contribution is 7.90. The van der Waals surface area contributed by atoms with Gasteiger partial charge >= 0.3 is 0 Å². The third kappa shape index (κ3) is 8.57. The Balaban J connectivity index is 1.27. The first-order chi connectivity index (χ1) is 22.2. The predicted molar refractivity (Wildman–Crippen MR) is 181 cm³/mol. The number of rotatable bonds is 14. The highest BCUT2D eigenvalue weighted by Gasteiger charge is 2.28. The van der Waals surface area contributed by atoms with E-state index in [2.05, 4.69) is 10.0 Å². The zero-order valence-corrected chi connectivity index (χ0v) is 26.9. The van der Waals surface area contributed by atoms with Crippen LogP contribution in [0.2, 0.25) is 0 Å². The first kappa shape index (κ1) is 32.8. The number of unbranched alkanes of at least 4 members (excludes halogenated alkanes) is 1. The van der Waals surface area contributed by atoms with Gasteiger partial charge in [-0.2, -0.15) is 0 Å². The lowest BCUT2D eigenvalue weighted by Gasteiger charge is -2.17. The number of carbonyl (C=O) groups is 3. The molecule has 2 amide bonds. The van der Waals surface area contributed by atoms with Crippen LogP contribution in [0.3, 0.4) is 0 Å². The van der Waals surface area contributed by atoms with E-state index in [9.17, 15) is 22.8 Å². The summed E-state index contributed by atoms with van der Waals surface area (Å²) in [6.45, 7) is 2.05. The van der Waals surface area contributed by atoms with Gasteiger partial charge in [-0.25, -0.2) is 13.1 Å². The molecule has 0 bridgehead atoms. The minimum Gasteiger partial charge on any atom is -0.326 e. The molecule has 238 valence electrons. The van der Waals surface area contributed by atoms with Gasteiger partial charge in [0.15, 0.2) is 5.78 Å². The molecule has 8 heteroatoms. The van der Waals surface area contributed by atoms with Crippen LogP contribution < -0.4 is 10.0 Å². The van der Waals surface area contributed by atoms with Crippen molar-refractivity contribution in [3.8, 4) is 11.1 Å². The number of ketones is 1. The van der Waals surface area contributed by atoms with Crippen molar-refractivity contribution in [3.63, 3.8) is 0 Å². The second-order valence-corrected chi connectivity index (χ2v) is 13.6. The number of amides is 2. The fourth-order valence-electron chi connectivity index (χ4n) is 5.80. The van der Waals surface area contributed by atoms with E-state index in [4.69, 9.17) is 0 Å². The summed E-state index contributed by atoms with van der Waals surface area (Å²) in [4.78, 5) is 39.0. The summed E-state index contributed by atoms with van der Waals surface area (Å²) < 4.78 is 28.7. The van der Waals surface area contributed by atoms with Gasteiger partial charge in [-0.15, -0.1) is 0 Å². The molecule has 46 heavy (non-hydrogen) atoms. The van der Waals surface area contributed by atoms with Gasteiger partial charge in [0.2, 0.25) is 11.8 Å². The summed E-state index contributed by atoms with van der Waals surface area (Å²) in [5, 5.41) is 2.91. The number of hydrogen-bond acceptors (Lipinski definition) is 5. The molecular formula is C38H40N2O5S. The maximum atomic E-state index is 13.5. The Hall–Kier alpha value is -4.56. The van der Waals surface area contributed by atoms with E-state index >= 15 is 0 Å². The average Bonchev–Trinajstić information content (AvgIpc) is 3.55. The molecule has 0 fully saturated rings. The predicted octanol–water partition coefficient (Wildman–Crippen LogP) is 7.30. The Morgan fingerprint density at radius 3 is 2.17 bits per heavy atom. The van der Waals surface area contributed by atoms with Crippen molar-refractivity contribution < 1.29 is 22.8 Å². The molecule has 0 spiro atoms. The maximum absolute atomic E-state index is 13.5. The van der Waals surface area contributed by atoms with Crippen LogP contribution in [0.1, 0.15) is 72.5 Å². The molecule has 0 saturated heterocycles. The molecule has 1 unspecified atom stereocenters. The highest BCUT2D eigenvalue weighted by atomic mass is 32.2. The molecule has 1 aliphatic rings. The van der Waals surface area contributed by atoms with Gasteiger partial charge in [-0.05, 0) is 90.6 Å². The Labute approximate surface area is 271 Å². The van der Waals surface area contributed by atoms with E-state index < -0.39 is 21.8 Å². The zero-order chi connectivity index (χ0) is 32.5. The van der Waals surface area contributed by atoms with Crippen LogP contribution in [-0.4, -0.2) is 26.0 Å². The normalized spacial score (nSPS) is 13.1. The van der Waals surface area contributed by atoms with Crippen LogP contribution in [-0.2, 0) is 38.9 Å². The molecule has 0 aliphatic heterocycles. The molecule has 1 atom stereocenters. The largest absolute Gasteiger partial charge is 0.326 e. The number of anilines is 1. The number of aryl methyl sites for hydroxylation is 3. The molecule has 0 radical (unpaired) electrons. The van der Waals surface area contributed by atoms with Crippen LogP contribution in [0.25, 0.3) is 11.1 Å². The lowest BCUT2D eigenvalue weighted by Crippen LogP contribution is -2.37. The lowest BCUT2D eigenvalue weighted by atomic mass is 9.91. The Bertz CT molecular complexity index is 1780. The molecule has 4 aromatic rings. The molecule has 0 saturated carbocycles. The van der Waals surface area contributed by atoms with Gasteiger partial charge in [0.05, 0.1) is 4.90 Å². The van der Waals surface area contributed by atoms with Gasteiger partial charge in [-0.1, -0.05) is 86.1 Å². The molecule has 1 aliphatic carbocycles. The third-order valence-electron chi connectivity index (χ3n) is 8.51. The molecule has 4 aromatic carbocycles. The second kappa shape index (κ2) is 15.1. The van der Waals surface area contributed by atoms with Gasteiger partial charge in [0.25, 0.3) is 10.0 Å². The Kier molecular flexibility index (Phi) is 10.8. The number of hydrogen-bond donors (Lipinski definition) is 2. The number of carbonyl (C=O) groups excluding carboxylic acids is 3. The molecule has 0 heterocycles. The minimum absolute atomic E-state index is 0.00551. The SMILES string of the molecule is CCCCC(=O)Nc1ccc(-c2ccc(C(=O)CC(CCc3ccccc3)C(=O)NS(=O)(=O)c3ccc4c(c3)CCC4)cc2)cc1. The smallest absolute Gasteiger partial charge is 0.264 e. The van der Waals surface area contributed by atoms with Crippen LogP contribution >= 0.6 is 0 Å². The lowest BCUT2D eigenvalue weighted by molar-refractivity contribution is -0.123. The van der Waals surface area contributed by atoms with Crippen LogP contribution in [0.15, 0.2) is 102 Å².